The van der Waals surface area contributed by atoms with Gasteiger partial charge in [-0.15, -0.1) is 0 Å². The van der Waals surface area contributed by atoms with Gasteiger partial charge in [-0.25, -0.2) is 9.97 Å². The van der Waals surface area contributed by atoms with E-state index in [1.54, 1.807) is 6.07 Å². The Bertz CT molecular complexity index is 598. The van der Waals surface area contributed by atoms with Crippen LogP contribution in [-0.4, -0.2) is 22.9 Å². The van der Waals surface area contributed by atoms with Gasteiger partial charge in [0.25, 0.3) is 5.91 Å². The first-order valence-corrected chi connectivity index (χ1v) is 6.47. The van der Waals surface area contributed by atoms with Crippen LogP contribution in [0.2, 0.25) is 0 Å². The molecular weight excluding hydrogens is 308 g/mol. The minimum atomic E-state index is -0.197. The molecule has 98 valence electrons. The zero-order valence-corrected chi connectivity index (χ0v) is 12.2. The van der Waals surface area contributed by atoms with Gasteiger partial charge in [-0.1, -0.05) is 0 Å². The molecule has 1 aromatic carbocycles. The molecular formula is C13H13BrN4O. The number of amides is 1. The second-order valence-electron chi connectivity index (χ2n) is 3.96. The van der Waals surface area contributed by atoms with E-state index in [9.17, 15) is 4.79 Å². The van der Waals surface area contributed by atoms with E-state index in [1.165, 1.54) is 12.4 Å². The molecule has 0 saturated carbocycles. The molecule has 0 fully saturated rings. The standard InChI is InChI=1S/C13H13BrN4O/c1-8-5-9(15-2)3-4-10(8)13(19)18-12-7-16-11(14)6-17-12/h3-7,15H,1-2H3,(H,17,18,19). The van der Waals surface area contributed by atoms with Crippen LogP contribution in [0.4, 0.5) is 11.5 Å². The highest BCUT2D eigenvalue weighted by molar-refractivity contribution is 9.10. The molecule has 1 amide bonds. The Kier molecular flexibility index (Phi) is 4.11. The van der Waals surface area contributed by atoms with Crippen molar-refractivity contribution in [1.29, 1.82) is 0 Å². The molecule has 2 aromatic rings. The molecule has 0 aliphatic heterocycles. The van der Waals surface area contributed by atoms with Crippen molar-refractivity contribution in [1.82, 2.24) is 9.97 Å². The van der Waals surface area contributed by atoms with Crippen LogP contribution in [0, 0.1) is 6.92 Å². The number of aromatic nitrogens is 2. The largest absolute Gasteiger partial charge is 0.388 e. The highest BCUT2D eigenvalue weighted by Crippen LogP contribution is 2.16. The number of carbonyl (C=O) groups excluding carboxylic acids is 1. The molecule has 0 radical (unpaired) electrons. The van der Waals surface area contributed by atoms with Gasteiger partial charge in [0.15, 0.2) is 5.82 Å². The molecule has 2 N–H and O–H groups in total. The van der Waals surface area contributed by atoms with Crippen LogP contribution >= 0.6 is 15.9 Å². The zero-order valence-electron chi connectivity index (χ0n) is 10.6. The second kappa shape index (κ2) is 5.79. The summed E-state index contributed by atoms with van der Waals surface area (Å²) in [7, 11) is 1.84. The van der Waals surface area contributed by atoms with Crippen LogP contribution < -0.4 is 10.6 Å². The summed E-state index contributed by atoms with van der Waals surface area (Å²) < 4.78 is 0.625. The first kappa shape index (κ1) is 13.5. The summed E-state index contributed by atoms with van der Waals surface area (Å²) in [5.74, 6) is 0.224. The first-order valence-electron chi connectivity index (χ1n) is 5.67. The lowest BCUT2D eigenvalue weighted by atomic mass is 10.1. The smallest absolute Gasteiger partial charge is 0.257 e. The maximum Gasteiger partial charge on any atom is 0.257 e. The minimum Gasteiger partial charge on any atom is -0.388 e. The van der Waals surface area contributed by atoms with E-state index >= 15 is 0 Å². The number of carbonyl (C=O) groups is 1. The maximum absolute atomic E-state index is 12.1. The average molecular weight is 321 g/mol. The van der Waals surface area contributed by atoms with Gasteiger partial charge in [-0.3, -0.25) is 4.79 Å². The monoisotopic (exact) mass is 320 g/mol. The van der Waals surface area contributed by atoms with Gasteiger partial charge in [0, 0.05) is 18.3 Å². The number of hydrogen-bond donors (Lipinski definition) is 2. The van der Waals surface area contributed by atoms with Crippen molar-refractivity contribution >= 4 is 33.3 Å². The Hall–Kier alpha value is -1.95. The summed E-state index contributed by atoms with van der Waals surface area (Å²) in [5, 5.41) is 5.74. The lowest BCUT2D eigenvalue weighted by Crippen LogP contribution is -2.14. The van der Waals surface area contributed by atoms with Crippen molar-refractivity contribution in [2.24, 2.45) is 0 Å². The molecule has 0 bridgehead atoms. The fourth-order valence-electron chi connectivity index (χ4n) is 1.63. The fraction of sp³-hybridized carbons (Fsp3) is 0.154. The Morgan fingerprint density at radius 3 is 2.63 bits per heavy atom. The number of nitrogens with zero attached hydrogens (tertiary/aromatic N) is 2. The van der Waals surface area contributed by atoms with Crippen LogP contribution in [0.5, 0.6) is 0 Å². The molecule has 1 aromatic heterocycles. The highest BCUT2D eigenvalue weighted by Gasteiger charge is 2.10. The van der Waals surface area contributed by atoms with E-state index in [4.69, 9.17) is 0 Å². The number of benzene rings is 1. The molecule has 0 aliphatic carbocycles. The topological polar surface area (TPSA) is 66.9 Å². The van der Waals surface area contributed by atoms with E-state index < -0.39 is 0 Å². The Morgan fingerprint density at radius 2 is 2.05 bits per heavy atom. The summed E-state index contributed by atoms with van der Waals surface area (Å²) in [6.07, 6.45) is 3.03. The van der Waals surface area contributed by atoms with Crippen LogP contribution in [0.25, 0.3) is 0 Å². The number of hydrogen-bond acceptors (Lipinski definition) is 4. The van der Waals surface area contributed by atoms with Crippen LogP contribution in [-0.2, 0) is 0 Å². The Balaban J connectivity index is 2.18. The number of rotatable bonds is 3. The van der Waals surface area contributed by atoms with E-state index in [1.807, 2.05) is 26.1 Å². The van der Waals surface area contributed by atoms with E-state index in [0.717, 1.165) is 11.3 Å². The molecule has 2 rings (SSSR count). The van der Waals surface area contributed by atoms with Crippen molar-refractivity contribution in [2.75, 3.05) is 17.7 Å². The Morgan fingerprint density at radius 1 is 1.26 bits per heavy atom. The molecule has 19 heavy (non-hydrogen) atoms. The summed E-state index contributed by atoms with van der Waals surface area (Å²) in [6, 6.07) is 5.56. The van der Waals surface area contributed by atoms with Gasteiger partial charge in [0.1, 0.15) is 4.60 Å². The van der Waals surface area contributed by atoms with Crippen molar-refractivity contribution in [2.45, 2.75) is 6.92 Å². The number of anilines is 2. The minimum absolute atomic E-state index is 0.197. The molecule has 0 spiro atoms. The maximum atomic E-state index is 12.1. The Labute approximate surface area is 119 Å². The molecule has 0 saturated heterocycles. The lowest BCUT2D eigenvalue weighted by Gasteiger charge is -2.08. The highest BCUT2D eigenvalue weighted by atomic mass is 79.9. The lowest BCUT2D eigenvalue weighted by molar-refractivity contribution is 0.102. The quantitative estimate of drug-likeness (QED) is 0.912. The van der Waals surface area contributed by atoms with Gasteiger partial charge in [-0.05, 0) is 46.6 Å². The first-order chi connectivity index (χ1) is 9.10. The summed E-state index contributed by atoms with van der Waals surface area (Å²) in [5.41, 5.74) is 2.48. The van der Waals surface area contributed by atoms with Crippen molar-refractivity contribution < 1.29 is 4.79 Å². The number of aryl methyl sites for hydroxylation is 1. The predicted octanol–water partition coefficient (Wildman–Crippen LogP) is 2.84. The van der Waals surface area contributed by atoms with Crippen LogP contribution in [0.15, 0.2) is 35.2 Å². The normalized spacial score (nSPS) is 10.1. The third-order valence-corrected chi connectivity index (χ3v) is 3.03. The third kappa shape index (κ3) is 3.29. The molecule has 6 heteroatoms. The predicted molar refractivity (Wildman–Crippen MR) is 78.4 cm³/mol. The summed E-state index contributed by atoms with van der Waals surface area (Å²) in [4.78, 5) is 20.2. The fourth-order valence-corrected chi connectivity index (χ4v) is 1.84. The van der Waals surface area contributed by atoms with Crippen LogP contribution in [0.1, 0.15) is 15.9 Å². The third-order valence-electron chi connectivity index (χ3n) is 2.62. The van der Waals surface area contributed by atoms with Gasteiger partial charge in [0.05, 0.1) is 12.4 Å². The molecule has 1 heterocycles. The average Bonchev–Trinajstić information content (AvgIpc) is 2.41. The second-order valence-corrected chi connectivity index (χ2v) is 4.77. The van der Waals surface area contributed by atoms with Gasteiger partial charge in [0.2, 0.25) is 0 Å². The number of halogens is 1. The molecule has 0 unspecified atom stereocenters. The molecule has 0 atom stereocenters. The van der Waals surface area contributed by atoms with Gasteiger partial charge in [-0.2, -0.15) is 0 Å². The van der Waals surface area contributed by atoms with E-state index in [0.29, 0.717) is 16.0 Å². The number of nitrogens with one attached hydrogen (secondary N) is 2. The molecule has 0 aliphatic rings. The SMILES string of the molecule is CNc1ccc(C(=O)Nc2cnc(Br)cn2)c(C)c1. The van der Waals surface area contributed by atoms with Gasteiger partial charge >= 0.3 is 0 Å². The summed E-state index contributed by atoms with van der Waals surface area (Å²) >= 11 is 3.19. The van der Waals surface area contributed by atoms with Gasteiger partial charge < -0.3 is 10.6 Å². The zero-order chi connectivity index (χ0) is 13.8. The van der Waals surface area contributed by atoms with Crippen LogP contribution in [0.3, 0.4) is 0 Å². The molecule has 5 nitrogen and oxygen atoms in total. The van der Waals surface area contributed by atoms with E-state index in [-0.39, 0.29) is 5.91 Å². The van der Waals surface area contributed by atoms with Crippen molar-refractivity contribution in [3.63, 3.8) is 0 Å². The van der Waals surface area contributed by atoms with Crippen molar-refractivity contribution in [3.05, 3.63) is 46.3 Å². The van der Waals surface area contributed by atoms with Crippen molar-refractivity contribution in [3.8, 4) is 0 Å². The van der Waals surface area contributed by atoms with E-state index in [2.05, 4.69) is 36.5 Å². The summed E-state index contributed by atoms with van der Waals surface area (Å²) in [6.45, 7) is 1.89.